The van der Waals surface area contributed by atoms with Gasteiger partial charge in [-0.2, -0.15) is 0 Å². The Labute approximate surface area is 164 Å². The molecule has 2 aromatic carbocycles. The molecule has 1 saturated carbocycles. The van der Waals surface area contributed by atoms with Gasteiger partial charge in [-0.25, -0.2) is 9.18 Å². The molecule has 1 heterocycles. The smallest absolute Gasteiger partial charge is 0.318 e. The van der Waals surface area contributed by atoms with Crippen molar-refractivity contribution < 1.29 is 18.7 Å². The number of halogens is 1. The fourth-order valence-corrected chi connectivity index (χ4v) is 4.13. The molecular formula is C22H25FN2O3. The Kier molecular flexibility index (Phi) is 5.11. The van der Waals surface area contributed by atoms with Crippen LogP contribution in [0.5, 0.6) is 11.5 Å². The summed E-state index contributed by atoms with van der Waals surface area (Å²) in [6.07, 6.45) is 2.67. The molecule has 0 spiro atoms. The third-order valence-corrected chi connectivity index (χ3v) is 5.69. The van der Waals surface area contributed by atoms with Crippen LogP contribution in [-0.2, 0) is 0 Å². The highest BCUT2D eigenvalue weighted by molar-refractivity contribution is 5.76. The van der Waals surface area contributed by atoms with Crippen molar-refractivity contribution in [1.29, 1.82) is 0 Å². The average molecular weight is 384 g/mol. The molecule has 0 radical (unpaired) electrons. The fraction of sp³-hybridized carbons (Fsp3) is 0.409. The van der Waals surface area contributed by atoms with Gasteiger partial charge in [0.1, 0.15) is 17.3 Å². The molecule has 3 atom stereocenters. The van der Waals surface area contributed by atoms with Gasteiger partial charge in [-0.3, -0.25) is 0 Å². The molecule has 6 heteroatoms. The zero-order valence-electron chi connectivity index (χ0n) is 16.2. The Hall–Kier alpha value is -2.76. The minimum Gasteiger partial charge on any atom is -0.497 e. The van der Waals surface area contributed by atoms with Gasteiger partial charge in [-0.15, -0.1) is 0 Å². The number of amides is 2. The summed E-state index contributed by atoms with van der Waals surface area (Å²) >= 11 is 0. The predicted molar refractivity (Wildman–Crippen MR) is 104 cm³/mol. The lowest BCUT2D eigenvalue weighted by molar-refractivity contribution is 0.191. The quantitative estimate of drug-likeness (QED) is 0.839. The Balaban J connectivity index is 1.46. The molecule has 0 bridgehead atoms. The highest BCUT2D eigenvalue weighted by Gasteiger charge is 2.42. The van der Waals surface area contributed by atoms with Gasteiger partial charge in [-0.05, 0) is 55.2 Å². The van der Waals surface area contributed by atoms with Crippen LogP contribution in [-0.4, -0.2) is 37.7 Å². The van der Waals surface area contributed by atoms with Gasteiger partial charge in [0, 0.05) is 24.1 Å². The largest absolute Gasteiger partial charge is 0.497 e. The van der Waals surface area contributed by atoms with E-state index in [2.05, 4.69) is 5.32 Å². The van der Waals surface area contributed by atoms with E-state index < -0.39 is 0 Å². The summed E-state index contributed by atoms with van der Waals surface area (Å²) in [6.45, 7) is 0.703. The maximum absolute atomic E-state index is 13.4. The first-order chi connectivity index (χ1) is 13.6. The maximum atomic E-state index is 13.4. The van der Waals surface area contributed by atoms with Gasteiger partial charge < -0.3 is 19.7 Å². The number of hydrogen-bond donors (Lipinski definition) is 1. The normalized spacial score (nSPS) is 23.4. The Morgan fingerprint density at radius 1 is 1.18 bits per heavy atom. The number of methoxy groups -OCH3 is 2. The van der Waals surface area contributed by atoms with E-state index in [-0.39, 0.29) is 29.8 Å². The summed E-state index contributed by atoms with van der Waals surface area (Å²) in [6, 6.07) is 12.2. The number of urea groups is 1. The SMILES string of the molecule is COc1ccc(OC)c(C2CCCN2C(=O)NC2CC2c2cccc(F)c2)c1. The van der Waals surface area contributed by atoms with Crippen molar-refractivity contribution in [2.45, 2.75) is 37.3 Å². The molecule has 5 nitrogen and oxygen atoms in total. The number of nitrogens with zero attached hydrogens (tertiary/aromatic N) is 1. The molecule has 0 aromatic heterocycles. The van der Waals surface area contributed by atoms with Gasteiger partial charge in [0.25, 0.3) is 0 Å². The van der Waals surface area contributed by atoms with Crippen LogP contribution in [0.1, 0.15) is 42.3 Å². The molecular weight excluding hydrogens is 359 g/mol. The van der Waals surface area contributed by atoms with E-state index in [1.165, 1.54) is 6.07 Å². The lowest BCUT2D eigenvalue weighted by Gasteiger charge is -2.27. The molecule has 4 rings (SSSR count). The summed E-state index contributed by atoms with van der Waals surface area (Å²) in [5.41, 5.74) is 1.91. The minimum atomic E-state index is -0.237. The lowest BCUT2D eigenvalue weighted by atomic mass is 10.0. The number of benzene rings is 2. The summed E-state index contributed by atoms with van der Waals surface area (Å²) in [5, 5.41) is 3.12. The van der Waals surface area contributed by atoms with Crippen molar-refractivity contribution in [3.8, 4) is 11.5 Å². The van der Waals surface area contributed by atoms with E-state index in [0.717, 1.165) is 41.9 Å². The molecule has 28 heavy (non-hydrogen) atoms. The van der Waals surface area contributed by atoms with E-state index in [0.29, 0.717) is 6.54 Å². The van der Waals surface area contributed by atoms with Crippen LogP contribution in [0.3, 0.4) is 0 Å². The highest BCUT2D eigenvalue weighted by Crippen LogP contribution is 2.42. The Bertz CT molecular complexity index is 873. The second-order valence-electron chi connectivity index (χ2n) is 7.41. The molecule has 2 aliphatic rings. The lowest BCUT2D eigenvalue weighted by Crippen LogP contribution is -2.41. The van der Waals surface area contributed by atoms with Crippen molar-refractivity contribution in [2.24, 2.45) is 0 Å². The monoisotopic (exact) mass is 384 g/mol. The number of hydrogen-bond acceptors (Lipinski definition) is 3. The summed E-state index contributed by atoms with van der Waals surface area (Å²) in [4.78, 5) is 14.8. The van der Waals surface area contributed by atoms with E-state index >= 15 is 0 Å². The summed E-state index contributed by atoms with van der Waals surface area (Å²) in [7, 11) is 3.27. The van der Waals surface area contributed by atoms with Crippen molar-refractivity contribution in [2.75, 3.05) is 20.8 Å². The molecule has 1 aliphatic heterocycles. The maximum Gasteiger partial charge on any atom is 0.318 e. The minimum absolute atomic E-state index is 0.0450. The molecule has 2 aromatic rings. The molecule has 1 saturated heterocycles. The summed E-state index contributed by atoms with van der Waals surface area (Å²) < 4.78 is 24.3. The zero-order chi connectivity index (χ0) is 19.7. The van der Waals surface area contributed by atoms with Crippen LogP contribution >= 0.6 is 0 Å². The number of nitrogens with one attached hydrogen (secondary N) is 1. The van der Waals surface area contributed by atoms with Crippen LogP contribution in [0, 0.1) is 5.82 Å². The molecule has 2 fully saturated rings. The van der Waals surface area contributed by atoms with Gasteiger partial charge in [0.2, 0.25) is 0 Å². The third kappa shape index (κ3) is 3.63. The standard InChI is InChI=1S/C22H25FN2O3/c1-27-16-8-9-21(28-2)18(12-16)20-7-4-10-25(20)22(26)24-19-13-17(19)14-5-3-6-15(23)11-14/h3,5-6,8-9,11-12,17,19-20H,4,7,10,13H2,1-2H3,(H,24,26). The Morgan fingerprint density at radius 2 is 2.04 bits per heavy atom. The topological polar surface area (TPSA) is 50.8 Å². The first-order valence-electron chi connectivity index (χ1n) is 9.65. The van der Waals surface area contributed by atoms with Crippen molar-refractivity contribution in [3.63, 3.8) is 0 Å². The predicted octanol–water partition coefficient (Wildman–Crippen LogP) is 4.25. The molecule has 1 N–H and O–H groups in total. The van der Waals surface area contributed by atoms with Crippen molar-refractivity contribution >= 4 is 6.03 Å². The van der Waals surface area contributed by atoms with E-state index in [1.54, 1.807) is 26.4 Å². The molecule has 2 amide bonds. The number of rotatable bonds is 5. The summed E-state index contributed by atoms with van der Waals surface area (Å²) in [5.74, 6) is 1.46. The van der Waals surface area contributed by atoms with Gasteiger partial charge >= 0.3 is 6.03 Å². The van der Waals surface area contributed by atoms with E-state index in [1.807, 2.05) is 29.2 Å². The number of ether oxygens (including phenoxy) is 2. The molecule has 1 aliphatic carbocycles. The van der Waals surface area contributed by atoms with Crippen LogP contribution < -0.4 is 14.8 Å². The number of carbonyl (C=O) groups is 1. The van der Waals surface area contributed by atoms with Crippen LogP contribution in [0.2, 0.25) is 0 Å². The second kappa shape index (κ2) is 7.70. The number of likely N-dealkylation sites (tertiary alicyclic amines) is 1. The highest BCUT2D eigenvalue weighted by atomic mass is 19.1. The number of carbonyl (C=O) groups excluding carboxylic acids is 1. The first-order valence-corrected chi connectivity index (χ1v) is 9.65. The molecule has 3 unspecified atom stereocenters. The molecule has 148 valence electrons. The van der Waals surface area contributed by atoms with Gasteiger partial charge in [-0.1, -0.05) is 12.1 Å². The second-order valence-corrected chi connectivity index (χ2v) is 7.41. The first kappa shape index (κ1) is 18.6. The van der Waals surface area contributed by atoms with E-state index in [4.69, 9.17) is 9.47 Å². The van der Waals surface area contributed by atoms with Crippen molar-refractivity contribution in [3.05, 3.63) is 59.4 Å². The Morgan fingerprint density at radius 3 is 2.79 bits per heavy atom. The van der Waals surface area contributed by atoms with Crippen LogP contribution in [0.25, 0.3) is 0 Å². The van der Waals surface area contributed by atoms with Crippen LogP contribution in [0.15, 0.2) is 42.5 Å². The fourth-order valence-electron chi connectivity index (χ4n) is 4.13. The zero-order valence-corrected chi connectivity index (χ0v) is 16.2. The van der Waals surface area contributed by atoms with Gasteiger partial charge in [0.05, 0.1) is 20.3 Å². The van der Waals surface area contributed by atoms with E-state index in [9.17, 15) is 9.18 Å². The third-order valence-electron chi connectivity index (χ3n) is 5.69. The van der Waals surface area contributed by atoms with Crippen molar-refractivity contribution in [1.82, 2.24) is 10.2 Å². The van der Waals surface area contributed by atoms with Crippen LogP contribution in [0.4, 0.5) is 9.18 Å². The van der Waals surface area contributed by atoms with Gasteiger partial charge in [0.15, 0.2) is 0 Å². The average Bonchev–Trinajstić information content (AvgIpc) is 3.29.